The van der Waals surface area contributed by atoms with E-state index < -0.39 is 6.04 Å². The average Bonchev–Trinajstić information content (AvgIpc) is 2.35. The minimum Gasteiger partial charge on any atom is -0.385 e. The van der Waals surface area contributed by atoms with E-state index in [2.05, 4.69) is 21.2 Å². The molecule has 0 bridgehead atoms. The van der Waals surface area contributed by atoms with Crippen molar-refractivity contribution in [3.05, 3.63) is 28.2 Å². The van der Waals surface area contributed by atoms with Gasteiger partial charge in [-0.2, -0.15) is 0 Å². The Morgan fingerprint density at radius 1 is 1.56 bits per heavy atom. The lowest BCUT2D eigenvalue weighted by atomic mass is 10.1. The molecule has 1 unspecified atom stereocenters. The standard InChI is InChI=1S/C13H19BrN2O2/c1-9-5-3-7-11(12(9)14)16-13(17)10(15)6-4-8-18-2/h3,5,7,10H,4,6,8,15H2,1-2H3,(H,16,17). The summed E-state index contributed by atoms with van der Waals surface area (Å²) in [5.74, 6) is -0.169. The van der Waals surface area contributed by atoms with Crippen LogP contribution in [0.25, 0.3) is 0 Å². The molecule has 1 aromatic carbocycles. The molecule has 0 aromatic heterocycles. The Balaban J connectivity index is 2.56. The predicted octanol–water partition coefficient (Wildman–Crippen LogP) is 2.45. The summed E-state index contributed by atoms with van der Waals surface area (Å²) in [6.45, 7) is 2.59. The van der Waals surface area contributed by atoms with Gasteiger partial charge in [-0.05, 0) is 47.3 Å². The van der Waals surface area contributed by atoms with E-state index in [0.29, 0.717) is 13.0 Å². The third kappa shape index (κ3) is 4.40. The minimum atomic E-state index is -0.507. The molecule has 3 N–H and O–H groups in total. The number of anilines is 1. The third-order valence-electron chi connectivity index (χ3n) is 2.65. The van der Waals surface area contributed by atoms with Gasteiger partial charge in [-0.15, -0.1) is 0 Å². The Kier molecular flexibility index (Phi) is 6.32. The van der Waals surface area contributed by atoms with E-state index >= 15 is 0 Å². The topological polar surface area (TPSA) is 64.3 Å². The summed E-state index contributed by atoms with van der Waals surface area (Å²) in [5, 5.41) is 2.83. The molecule has 0 saturated carbocycles. The van der Waals surface area contributed by atoms with E-state index in [1.54, 1.807) is 7.11 Å². The van der Waals surface area contributed by atoms with Gasteiger partial charge in [0.25, 0.3) is 0 Å². The summed E-state index contributed by atoms with van der Waals surface area (Å²) in [6.07, 6.45) is 1.39. The number of ether oxygens (including phenoxy) is 1. The second-order valence-corrected chi connectivity index (χ2v) is 4.96. The average molecular weight is 315 g/mol. The van der Waals surface area contributed by atoms with Crippen LogP contribution in [-0.4, -0.2) is 25.7 Å². The SMILES string of the molecule is COCCCC(N)C(=O)Nc1cccc(C)c1Br. The van der Waals surface area contributed by atoms with Gasteiger partial charge in [0.2, 0.25) is 5.91 Å². The monoisotopic (exact) mass is 314 g/mol. The Morgan fingerprint density at radius 2 is 2.28 bits per heavy atom. The number of aryl methyl sites for hydroxylation is 1. The molecule has 1 amide bonds. The van der Waals surface area contributed by atoms with Crippen molar-refractivity contribution in [1.29, 1.82) is 0 Å². The van der Waals surface area contributed by atoms with Crippen LogP contribution in [0.5, 0.6) is 0 Å². The van der Waals surface area contributed by atoms with Crippen molar-refractivity contribution in [2.24, 2.45) is 5.73 Å². The molecule has 0 aliphatic carbocycles. The molecule has 5 heteroatoms. The van der Waals surface area contributed by atoms with Gasteiger partial charge >= 0.3 is 0 Å². The van der Waals surface area contributed by atoms with Gasteiger partial charge in [0.1, 0.15) is 0 Å². The van der Waals surface area contributed by atoms with Crippen molar-refractivity contribution in [3.8, 4) is 0 Å². The van der Waals surface area contributed by atoms with Crippen molar-refractivity contribution >= 4 is 27.5 Å². The van der Waals surface area contributed by atoms with Crippen LogP contribution in [0.1, 0.15) is 18.4 Å². The Labute approximate surface area is 116 Å². The van der Waals surface area contributed by atoms with Gasteiger partial charge in [-0.1, -0.05) is 12.1 Å². The number of benzene rings is 1. The second kappa shape index (κ2) is 7.51. The molecular weight excluding hydrogens is 296 g/mol. The highest BCUT2D eigenvalue weighted by molar-refractivity contribution is 9.10. The number of halogens is 1. The Morgan fingerprint density at radius 3 is 2.94 bits per heavy atom. The largest absolute Gasteiger partial charge is 0.385 e. The molecule has 0 heterocycles. The zero-order valence-corrected chi connectivity index (χ0v) is 12.3. The number of nitrogens with two attached hydrogens (primary N) is 1. The molecular formula is C13H19BrN2O2. The number of nitrogens with one attached hydrogen (secondary N) is 1. The summed E-state index contributed by atoms with van der Waals surface area (Å²) < 4.78 is 5.82. The minimum absolute atomic E-state index is 0.169. The molecule has 0 fully saturated rings. The van der Waals surface area contributed by atoms with Crippen LogP contribution in [0, 0.1) is 6.92 Å². The maximum Gasteiger partial charge on any atom is 0.241 e. The molecule has 0 radical (unpaired) electrons. The lowest BCUT2D eigenvalue weighted by Crippen LogP contribution is -2.35. The summed E-state index contributed by atoms with van der Waals surface area (Å²) >= 11 is 3.45. The van der Waals surface area contributed by atoms with Crippen molar-refractivity contribution in [1.82, 2.24) is 0 Å². The number of carbonyl (C=O) groups excluding carboxylic acids is 1. The summed E-state index contributed by atoms with van der Waals surface area (Å²) in [6, 6.07) is 5.20. The van der Waals surface area contributed by atoms with Gasteiger partial charge in [-0.3, -0.25) is 4.79 Å². The number of hydrogen-bond acceptors (Lipinski definition) is 3. The highest BCUT2D eigenvalue weighted by Gasteiger charge is 2.14. The van der Waals surface area contributed by atoms with E-state index in [-0.39, 0.29) is 5.91 Å². The van der Waals surface area contributed by atoms with Crippen LogP contribution >= 0.6 is 15.9 Å². The fourth-order valence-corrected chi connectivity index (χ4v) is 1.91. The smallest absolute Gasteiger partial charge is 0.241 e. The molecule has 1 aromatic rings. The molecule has 1 rings (SSSR count). The van der Waals surface area contributed by atoms with Gasteiger partial charge in [0, 0.05) is 18.2 Å². The normalized spacial score (nSPS) is 12.2. The highest BCUT2D eigenvalue weighted by Crippen LogP contribution is 2.25. The number of carbonyl (C=O) groups is 1. The lowest BCUT2D eigenvalue weighted by Gasteiger charge is -2.13. The first-order valence-electron chi connectivity index (χ1n) is 5.86. The van der Waals surface area contributed by atoms with Crippen LogP contribution in [0.2, 0.25) is 0 Å². The highest BCUT2D eigenvalue weighted by atomic mass is 79.9. The molecule has 100 valence electrons. The molecule has 0 saturated heterocycles. The lowest BCUT2D eigenvalue weighted by molar-refractivity contribution is -0.117. The number of rotatable bonds is 6. The molecule has 18 heavy (non-hydrogen) atoms. The quantitative estimate of drug-likeness (QED) is 0.793. The third-order valence-corrected chi connectivity index (χ3v) is 3.70. The number of hydrogen-bond donors (Lipinski definition) is 2. The van der Waals surface area contributed by atoms with Crippen molar-refractivity contribution in [2.75, 3.05) is 19.0 Å². The van der Waals surface area contributed by atoms with E-state index in [4.69, 9.17) is 10.5 Å². The molecule has 0 aliphatic rings. The number of amides is 1. The zero-order valence-electron chi connectivity index (χ0n) is 10.7. The van der Waals surface area contributed by atoms with Crippen molar-refractivity contribution in [3.63, 3.8) is 0 Å². The first kappa shape index (κ1) is 15.1. The zero-order chi connectivity index (χ0) is 13.5. The van der Waals surface area contributed by atoms with Crippen LogP contribution in [0.4, 0.5) is 5.69 Å². The van der Waals surface area contributed by atoms with E-state index in [9.17, 15) is 4.79 Å². The predicted molar refractivity (Wildman–Crippen MR) is 76.6 cm³/mol. The van der Waals surface area contributed by atoms with E-state index in [0.717, 1.165) is 22.1 Å². The van der Waals surface area contributed by atoms with Crippen LogP contribution in [0.15, 0.2) is 22.7 Å². The summed E-state index contributed by atoms with van der Waals surface area (Å²) in [7, 11) is 1.63. The van der Waals surface area contributed by atoms with Gasteiger partial charge in [0.05, 0.1) is 11.7 Å². The Bertz CT molecular complexity index is 410. The molecule has 1 atom stereocenters. The first-order chi connectivity index (χ1) is 8.56. The maximum atomic E-state index is 11.9. The summed E-state index contributed by atoms with van der Waals surface area (Å²) in [4.78, 5) is 11.9. The van der Waals surface area contributed by atoms with Gasteiger partial charge < -0.3 is 15.8 Å². The van der Waals surface area contributed by atoms with Crippen LogP contribution in [-0.2, 0) is 9.53 Å². The van der Waals surface area contributed by atoms with Crippen molar-refractivity contribution in [2.45, 2.75) is 25.8 Å². The van der Waals surface area contributed by atoms with Crippen LogP contribution < -0.4 is 11.1 Å². The fraction of sp³-hybridized carbons (Fsp3) is 0.462. The van der Waals surface area contributed by atoms with Gasteiger partial charge in [0.15, 0.2) is 0 Å². The molecule has 4 nitrogen and oxygen atoms in total. The summed E-state index contributed by atoms with van der Waals surface area (Å²) in [5.41, 5.74) is 7.63. The fourth-order valence-electron chi connectivity index (χ4n) is 1.55. The van der Waals surface area contributed by atoms with E-state index in [1.807, 2.05) is 25.1 Å². The molecule has 0 spiro atoms. The Hall–Kier alpha value is -0.910. The molecule has 0 aliphatic heterocycles. The first-order valence-corrected chi connectivity index (χ1v) is 6.66. The second-order valence-electron chi connectivity index (χ2n) is 4.17. The van der Waals surface area contributed by atoms with Gasteiger partial charge in [-0.25, -0.2) is 0 Å². The van der Waals surface area contributed by atoms with Crippen molar-refractivity contribution < 1.29 is 9.53 Å². The number of methoxy groups -OCH3 is 1. The maximum absolute atomic E-state index is 11.9. The van der Waals surface area contributed by atoms with E-state index in [1.165, 1.54) is 0 Å². The van der Waals surface area contributed by atoms with Crippen LogP contribution in [0.3, 0.4) is 0 Å².